The van der Waals surface area contributed by atoms with Gasteiger partial charge in [0, 0.05) is 12.0 Å². The number of thioether (sulfide) groups is 1. The predicted molar refractivity (Wildman–Crippen MR) is 94.1 cm³/mol. The Hall–Kier alpha value is -1.04. The van der Waals surface area contributed by atoms with Crippen LogP contribution in [-0.4, -0.2) is 26.3 Å². The smallest absolute Gasteiger partial charge is 0.298 e. The van der Waals surface area contributed by atoms with Crippen molar-refractivity contribution >= 4 is 17.5 Å². The maximum Gasteiger partial charge on any atom is 0.343 e. The summed E-state index contributed by atoms with van der Waals surface area (Å²) in [5, 5.41) is 7.33. The number of ketones is 1. The molecule has 1 N–H and O–H groups in total. The van der Waals surface area contributed by atoms with Crippen LogP contribution in [-0.2, 0) is 11.3 Å². The van der Waals surface area contributed by atoms with E-state index >= 15 is 0 Å². The highest BCUT2D eigenvalue weighted by molar-refractivity contribution is 7.99. The van der Waals surface area contributed by atoms with Crippen molar-refractivity contribution in [2.24, 2.45) is 23.2 Å². The summed E-state index contributed by atoms with van der Waals surface area (Å²) in [5.41, 5.74) is -0.208. The van der Waals surface area contributed by atoms with Crippen LogP contribution in [0.5, 0.6) is 0 Å². The van der Waals surface area contributed by atoms with Gasteiger partial charge in [-0.15, -0.1) is 5.10 Å². The molecule has 0 spiro atoms. The third kappa shape index (κ3) is 2.87. The van der Waals surface area contributed by atoms with E-state index in [-0.39, 0.29) is 11.1 Å². The second-order valence-corrected chi connectivity index (χ2v) is 9.17. The lowest BCUT2D eigenvalue weighted by Crippen LogP contribution is -2.50. The van der Waals surface area contributed by atoms with E-state index in [1.807, 2.05) is 0 Å². The lowest BCUT2D eigenvalue weighted by Gasteiger charge is -2.56. The Morgan fingerprint density at radius 2 is 1.88 bits per heavy atom. The molecule has 0 atom stereocenters. The molecule has 1 aromatic heterocycles. The van der Waals surface area contributed by atoms with Crippen LogP contribution in [0.25, 0.3) is 0 Å². The summed E-state index contributed by atoms with van der Waals surface area (Å²) >= 11 is 1.45. The normalized spacial score (nSPS) is 34.0. The molecule has 1 heterocycles. The monoisotopic (exact) mass is 349 g/mol. The van der Waals surface area contributed by atoms with Gasteiger partial charge in [-0.2, -0.15) is 0 Å². The fourth-order valence-corrected chi connectivity index (χ4v) is 6.67. The standard InChI is InChI=1S/C18H27N3O2S/c1-2-3-4-21-16(23)19-20-17(21)24-11-15(22)18-8-12-5-13(9-18)7-14(6-12)10-18/h12-14H,2-11H2,1H3,(H,19,23). The molecule has 132 valence electrons. The van der Waals surface area contributed by atoms with Crippen molar-refractivity contribution in [3.8, 4) is 0 Å². The molecule has 4 bridgehead atoms. The number of rotatable bonds is 7. The second kappa shape index (κ2) is 6.36. The fourth-order valence-electron chi connectivity index (χ4n) is 5.66. The van der Waals surface area contributed by atoms with Gasteiger partial charge in [0.1, 0.15) is 5.78 Å². The van der Waals surface area contributed by atoms with E-state index in [1.165, 1.54) is 31.0 Å². The van der Waals surface area contributed by atoms with Crippen molar-refractivity contribution < 1.29 is 4.79 Å². The van der Waals surface area contributed by atoms with Gasteiger partial charge in [0.2, 0.25) is 0 Å². The molecule has 4 aliphatic carbocycles. The highest BCUT2D eigenvalue weighted by Gasteiger charge is 2.54. The van der Waals surface area contributed by atoms with E-state index in [9.17, 15) is 9.59 Å². The van der Waals surface area contributed by atoms with Crippen LogP contribution >= 0.6 is 11.8 Å². The number of hydrogen-bond acceptors (Lipinski definition) is 4. The van der Waals surface area contributed by atoms with Gasteiger partial charge in [0.05, 0.1) is 5.75 Å². The van der Waals surface area contributed by atoms with Gasteiger partial charge in [-0.3, -0.25) is 9.36 Å². The molecule has 5 rings (SSSR count). The van der Waals surface area contributed by atoms with Gasteiger partial charge in [-0.25, -0.2) is 9.89 Å². The number of nitrogens with zero attached hydrogens (tertiary/aromatic N) is 2. The van der Waals surface area contributed by atoms with Crippen LogP contribution < -0.4 is 5.69 Å². The summed E-state index contributed by atoms with van der Waals surface area (Å²) in [6.07, 6.45) is 9.40. The summed E-state index contributed by atoms with van der Waals surface area (Å²) in [5.74, 6) is 3.24. The Balaban J connectivity index is 1.43. The Bertz CT molecular complexity index is 643. The molecule has 5 nitrogen and oxygen atoms in total. The van der Waals surface area contributed by atoms with E-state index in [1.54, 1.807) is 4.57 Å². The molecule has 0 aliphatic heterocycles. The average Bonchev–Trinajstić information content (AvgIpc) is 2.89. The molecule has 0 saturated heterocycles. The number of aromatic amines is 1. The molecule has 0 radical (unpaired) electrons. The predicted octanol–water partition coefficient (Wildman–Crippen LogP) is 3.25. The first kappa shape index (κ1) is 16.4. The maximum absolute atomic E-state index is 13.1. The Morgan fingerprint density at radius 3 is 2.46 bits per heavy atom. The lowest BCUT2D eigenvalue weighted by molar-refractivity contribution is -0.141. The van der Waals surface area contributed by atoms with Crippen LogP contribution in [0.1, 0.15) is 58.3 Å². The Labute approximate surface area is 147 Å². The van der Waals surface area contributed by atoms with Crippen molar-refractivity contribution in [3.05, 3.63) is 10.5 Å². The fraction of sp³-hybridized carbons (Fsp3) is 0.833. The van der Waals surface area contributed by atoms with Crippen LogP contribution in [0.2, 0.25) is 0 Å². The van der Waals surface area contributed by atoms with E-state index in [4.69, 9.17) is 0 Å². The number of aromatic nitrogens is 3. The Morgan fingerprint density at radius 1 is 1.25 bits per heavy atom. The topological polar surface area (TPSA) is 67.8 Å². The minimum atomic E-state index is -0.159. The molecule has 0 aromatic carbocycles. The molecular formula is C18H27N3O2S. The molecular weight excluding hydrogens is 322 g/mol. The van der Waals surface area contributed by atoms with Crippen molar-refractivity contribution in [2.45, 2.75) is 70.0 Å². The van der Waals surface area contributed by atoms with Gasteiger partial charge in [-0.05, 0) is 62.7 Å². The molecule has 6 heteroatoms. The zero-order valence-corrected chi connectivity index (χ0v) is 15.2. The van der Waals surface area contributed by atoms with Gasteiger partial charge < -0.3 is 0 Å². The van der Waals surface area contributed by atoms with Crippen molar-refractivity contribution in [3.63, 3.8) is 0 Å². The first-order valence-corrected chi connectivity index (χ1v) is 10.4. The van der Waals surface area contributed by atoms with Gasteiger partial charge in [-0.1, -0.05) is 25.1 Å². The molecule has 4 fully saturated rings. The number of H-pyrrole nitrogens is 1. The van der Waals surface area contributed by atoms with E-state index < -0.39 is 0 Å². The highest BCUT2D eigenvalue weighted by Crippen LogP contribution is 2.60. The summed E-state index contributed by atoms with van der Waals surface area (Å²) in [4.78, 5) is 24.9. The molecule has 4 aliphatic rings. The average molecular weight is 350 g/mol. The number of nitrogens with one attached hydrogen (secondary N) is 1. The number of carbonyl (C=O) groups is 1. The van der Waals surface area contributed by atoms with Gasteiger partial charge in [0.25, 0.3) is 0 Å². The van der Waals surface area contributed by atoms with Crippen LogP contribution in [0, 0.1) is 23.2 Å². The third-order valence-electron chi connectivity index (χ3n) is 6.42. The van der Waals surface area contributed by atoms with E-state index in [2.05, 4.69) is 17.1 Å². The minimum Gasteiger partial charge on any atom is -0.298 e. The van der Waals surface area contributed by atoms with Gasteiger partial charge >= 0.3 is 5.69 Å². The van der Waals surface area contributed by atoms with Crippen molar-refractivity contribution in [1.82, 2.24) is 14.8 Å². The third-order valence-corrected chi connectivity index (χ3v) is 7.40. The maximum atomic E-state index is 13.1. The van der Waals surface area contributed by atoms with E-state index in [0.29, 0.717) is 23.2 Å². The van der Waals surface area contributed by atoms with E-state index in [0.717, 1.165) is 49.9 Å². The number of carbonyl (C=O) groups excluding carboxylic acids is 1. The molecule has 4 saturated carbocycles. The highest BCUT2D eigenvalue weighted by atomic mass is 32.2. The van der Waals surface area contributed by atoms with Crippen LogP contribution in [0.4, 0.5) is 0 Å². The van der Waals surface area contributed by atoms with Crippen molar-refractivity contribution in [2.75, 3.05) is 5.75 Å². The minimum absolute atomic E-state index is 0.0490. The number of hydrogen-bond donors (Lipinski definition) is 1. The first-order valence-electron chi connectivity index (χ1n) is 9.41. The zero-order chi connectivity index (χ0) is 16.7. The Kier molecular flexibility index (Phi) is 4.35. The quantitative estimate of drug-likeness (QED) is 0.767. The second-order valence-electron chi connectivity index (χ2n) is 8.23. The molecule has 0 amide bonds. The van der Waals surface area contributed by atoms with Crippen molar-refractivity contribution in [1.29, 1.82) is 0 Å². The van der Waals surface area contributed by atoms with Crippen LogP contribution in [0.3, 0.4) is 0 Å². The summed E-state index contributed by atoms with van der Waals surface area (Å²) in [7, 11) is 0. The summed E-state index contributed by atoms with van der Waals surface area (Å²) < 4.78 is 1.68. The first-order chi connectivity index (χ1) is 11.6. The molecule has 24 heavy (non-hydrogen) atoms. The summed E-state index contributed by atoms with van der Waals surface area (Å²) in [6.45, 7) is 2.79. The zero-order valence-electron chi connectivity index (χ0n) is 14.4. The number of Topliss-reactive ketones (excluding diaryl/α,β-unsaturated/α-hetero) is 1. The number of unbranched alkanes of at least 4 members (excludes halogenated alkanes) is 1. The SMILES string of the molecule is CCCCn1c(SCC(=O)C23CC4CC(CC(C4)C2)C3)n[nH]c1=O. The molecule has 1 aromatic rings. The summed E-state index contributed by atoms with van der Waals surface area (Å²) in [6, 6.07) is 0. The molecule has 0 unspecified atom stereocenters. The van der Waals surface area contributed by atoms with Gasteiger partial charge in [0.15, 0.2) is 5.16 Å². The van der Waals surface area contributed by atoms with Crippen LogP contribution in [0.15, 0.2) is 9.95 Å². The lowest BCUT2D eigenvalue weighted by atomic mass is 9.48. The largest absolute Gasteiger partial charge is 0.343 e.